The molecule has 7 heteroatoms. The smallest absolute Gasteiger partial charge is 0.245 e. The Hall–Kier alpha value is -2.08. The number of imide groups is 1. The summed E-state index contributed by atoms with van der Waals surface area (Å²) >= 11 is 6.23. The molecule has 6 nitrogen and oxygen atoms in total. The lowest BCUT2D eigenvalue weighted by molar-refractivity contribution is -0.150. The van der Waals surface area contributed by atoms with E-state index in [9.17, 15) is 14.4 Å². The highest BCUT2D eigenvalue weighted by molar-refractivity contribution is 6.33. The van der Waals surface area contributed by atoms with E-state index in [1.54, 1.807) is 18.7 Å². The Morgan fingerprint density at radius 1 is 1.16 bits per heavy atom. The van der Waals surface area contributed by atoms with Crippen LogP contribution in [0.15, 0.2) is 24.3 Å². The second kappa shape index (κ2) is 7.04. The number of anilines is 1. The Bertz CT molecular complexity index is 701. The van der Waals surface area contributed by atoms with Crippen LogP contribution in [0, 0.1) is 5.92 Å². The monoisotopic (exact) mass is 363 g/mol. The van der Waals surface area contributed by atoms with Gasteiger partial charge in [0.15, 0.2) is 0 Å². The van der Waals surface area contributed by atoms with Crippen LogP contribution in [0.2, 0.25) is 5.02 Å². The predicted octanol–water partition coefficient (Wildman–Crippen LogP) is 1.77. The maximum Gasteiger partial charge on any atom is 0.245 e. The number of hydrogen-bond acceptors (Lipinski definition) is 4. The van der Waals surface area contributed by atoms with Gasteiger partial charge in [0.2, 0.25) is 17.7 Å². The van der Waals surface area contributed by atoms with E-state index in [2.05, 4.69) is 4.90 Å². The first-order valence-electron chi connectivity index (χ1n) is 8.54. The third-order valence-corrected chi connectivity index (χ3v) is 5.26. The fourth-order valence-electron chi connectivity index (χ4n) is 3.47. The molecule has 1 aromatic rings. The molecule has 0 spiro atoms. The second-order valence-corrected chi connectivity index (χ2v) is 7.05. The summed E-state index contributed by atoms with van der Waals surface area (Å²) in [6.45, 7) is 5.78. The van der Waals surface area contributed by atoms with Crippen LogP contribution in [-0.2, 0) is 14.4 Å². The van der Waals surface area contributed by atoms with E-state index in [1.165, 1.54) is 0 Å². The molecule has 2 saturated heterocycles. The molecule has 1 aromatic carbocycles. The summed E-state index contributed by atoms with van der Waals surface area (Å²) in [6, 6.07) is 6.90. The van der Waals surface area contributed by atoms with Crippen molar-refractivity contribution in [3.8, 4) is 0 Å². The highest BCUT2D eigenvalue weighted by Gasteiger charge is 2.42. The minimum atomic E-state index is -0.739. The molecule has 2 atom stereocenters. The third kappa shape index (κ3) is 3.35. The number of carbonyl (C=O) groups excluding carboxylic acids is 3. The van der Waals surface area contributed by atoms with Crippen LogP contribution in [0.25, 0.3) is 0 Å². The summed E-state index contributed by atoms with van der Waals surface area (Å²) in [5, 5.41) is 0.692. The van der Waals surface area contributed by atoms with Crippen LogP contribution in [0.1, 0.15) is 20.3 Å². The van der Waals surface area contributed by atoms with E-state index >= 15 is 0 Å². The Labute approximate surface area is 152 Å². The first-order chi connectivity index (χ1) is 11.9. The van der Waals surface area contributed by atoms with E-state index in [0.29, 0.717) is 31.2 Å². The van der Waals surface area contributed by atoms with Crippen molar-refractivity contribution in [2.75, 3.05) is 31.1 Å². The maximum atomic E-state index is 12.7. The van der Waals surface area contributed by atoms with Gasteiger partial charge in [-0.25, -0.2) is 0 Å². The number of piperazine rings is 1. The van der Waals surface area contributed by atoms with Gasteiger partial charge >= 0.3 is 0 Å². The summed E-state index contributed by atoms with van der Waals surface area (Å²) in [6.07, 6.45) is 0.191. The molecule has 0 aliphatic carbocycles. The van der Waals surface area contributed by atoms with E-state index < -0.39 is 6.04 Å². The first kappa shape index (κ1) is 17.7. The molecule has 2 aliphatic heterocycles. The standard InChI is InChI=1S/C18H22ClN3O3/c1-12-11-16(23)22(17(12)24)13(2)18(25)21-9-7-20(8-10-21)15-6-4-3-5-14(15)19/h3-6,12-13H,7-11H2,1-2H3. The number of hydrogen-bond donors (Lipinski definition) is 0. The van der Waals surface area contributed by atoms with Crippen LogP contribution in [0.5, 0.6) is 0 Å². The summed E-state index contributed by atoms with van der Waals surface area (Å²) in [5.74, 6) is -1.01. The fraction of sp³-hybridized carbons (Fsp3) is 0.500. The van der Waals surface area contributed by atoms with Crippen molar-refractivity contribution < 1.29 is 14.4 Å². The Kier molecular flexibility index (Phi) is 4.99. The zero-order valence-electron chi connectivity index (χ0n) is 14.4. The SMILES string of the molecule is CC1CC(=O)N(C(C)C(=O)N2CCN(c3ccccc3Cl)CC2)C1=O. The second-order valence-electron chi connectivity index (χ2n) is 6.65. The van der Waals surface area contributed by atoms with Crippen molar-refractivity contribution in [3.63, 3.8) is 0 Å². The molecule has 0 aromatic heterocycles. The Morgan fingerprint density at radius 2 is 1.80 bits per heavy atom. The van der Waals surface area contributed by atoms with Gasteiger partial charge in [-0.3, -0.25) is 19.3 Å². The number of para-hydroxylation sites is 1. The minimum absolute atomic E-state index is 0.172. The number of halogens is 1. The summed E-state index contributed by atoms with van der Waals surface area (Å²) in [7, 11) is 0. The topological polar surface area (TPSA) is 60.9 Å². The molecule has 2 unspecified atom stereocenters. The molecule has 0 bridgehead atoms. The van der Waals surface area contributed by atoms with E-state index in [-0.39, 0.29) is 30.1 Å². The van der Waals surface area contributed by atoms with Gasteiger partial charge in [0.25, 0.3) is 0 Å². The number of likely N-dealkylation sites (tertiary alicyclic amines) is 1. The largest absolute Gasteiger partial charge is 0.367 e. The molecule has 0 N–H and O–H groups in total. The van der Waals surface area contributed by atoms with Crippen LogP contribution >= 0.6 is 11.6 Å². The fourth-order valence-corrected chi connectivity index (χ4v) is 3.72. The van der Waals surface area contributed by atoms with Crippen molar-refractivity contribution >= 4 is 35.0 Å². The number of benzene rings is 1. The average Bonchev–Trinajstić information content (AvgIpc) is 2.86. The van der Waals surface area contributed by atoms with Crippen molar-refractivity contribution in [2.45, 2.75) is 26.3 Å². The average molecular weight is 364 g/mol. The first-order valence-corrected chi connectivity index (χ1v) is 8.92. The van der Waals surface area contributed by atoms with E-state index in [4.69, 9.17) is 11.6 Å². The van der Waals surface area contributed by atoms with Gasteiger partial charge in [-0.15, -0.1) is 0 Å². The molecule has 0 saturated carbocycles. The van der Waals surface area contributed by atoms with Crippen LogP contribution < -0.4 is 4.90 Å². The van der Waals surface area contributed by atoms with Crippen molar-refractivity contribution in [1.29, 1.82) is 0 Å². The lowest BCUT2D eigenvalue weighted by atomic mass is 10.1. The van der Waals surface area contributed by atoms with Crippen LogP contribution in [0.4, 0.5) is 5.69 Å². The van der Waals surface area contributed by atoms with Crippen molar-refractivity contribution in [1.82, 2.24) is 9.80 Å². The third-order valence-electron chi connectivity index (χ3n) is 4.94. The molecule has 25 heavy (non-hydrogen) atoms. The quantitative estimate of drug-likeness (QED) is 0.768. The van der Waals surface area contributed by atoms with E-state index in [1.807, 2.05) is 24.3 Å². The molecular weight excluding hydrogens is 342 g/mol. The van der Waals surface area contributed by atoms with Crippen LogP contribution in [-0.4, -0.2) is 59.7 Å². The van der Waals surface area contributed by atoms with Crippen molar-refractivity contribution in [2.24, 2.45) is 5.92 Å². The van der Waals surface area contributed by atoms with Gasteiger partial charge in [-0.1, -0.05) is 30.7 Å². The number of amides is 3. The Morgan fingerprint density at radius 3 is 2.36 bits per heavy atom. The lowest BCUT2D eigenvalue weighted by Crippen LogP contribution is -2.55. The zero-order valence-corrected chi connectivity index (χ0v) is 15.2. The zero-order chi connectivity index (χ0) is 18.1. The molecule has 2 fully saturated rings. The molecule has 3 amide bonds. The highest BCUT2D eigenvalue weighted by atomic mass is 35.5. The molecule has 0 radical (unpaired) electrons. The van der Waals surface area contributed by atoms with Gasteiger partial charge in [-0.2, -0.15) is 0 Å². The van der Waals surface area contributed by atoms with Gasteiger partial charge in [0.1, 0.15) is 6.04 Å². The molecule has 3 rings (SSSR count). The number of carbonyl (C=O) groups is 3. The van der Waals surface area contributed by atoms with Gasteiger partial charge in [0.05, 0.1) is 10.7 Å². The maximum absolute atomic E-state index is 12.7. The summed E-state index contributed by atoms with van der Waals surface area (Å²) in [5.41, 5.74) is 0.961. The minimum Gasteiger partial charge on any atom is -0.367 e. The molecule has 134 valence electrons. The predicted molar refractivity (Wildman–Crippen MR) is 95.3 cm³/mol. The van der Waals surface area contributed by atoms with Gasteiger partial charge in [-0.05, 0) is 19.1 Å². The van der Waals surface area contributed by atoms with Gasteiger partial charge in [0, 0.05) is 38.5 Å². The molecular formula is C18H22ClN3O3. The normalized spacial score (nSPS) is 22.5. The molecule has 2 aliphatic rings. The molecule has 2 heterocycles. The van der Waals surface area contributed by atoms with Crippen molar-refractivity contribution in [3.05, 3.63) is 29.3 Å². The number of nitrogens with zero attached hydrogens (tertiary/aromatic N) is 3. The lowest BCUT2D eigenvalue weighted by Gasteiger charge is -2.38. The number of rotatable bonds is 3. The van der Waals surface area contributed by atoms with E-state index in [0.717, 1.165) is 10.6 Å². The Balaban J connectivity index is 1.63. The van der Waals surface area contributed by atoms with Gasteiger partial charge < -0.3 is 9.80 Å². The van der Waals surface area contributed by atoms with Crippen LogP contribution in [0.3, 0.4) is 0 Å². The summed E-state index contributed by atoms with van der Waals surface area (Å²) < 4.78 is 0. The summed E-state index contributed by atoms with van der Waals surface area (Å²) in [4.78, 5) is 41.9. The highest BCUT2D eigenvalue weighted by Crippen LogP contribution is 2.27.